The summed E-state index contributed by atoms with van der Waals surface area (Å²) in [4.78, 5) is 12.0. The summed E-state index contributed by atoms with van der Waals surface area (Å²) in [6, 6.07) is 11.4. The molecule has 0 aliphatic rings. The highest BCUT2D eigenvalue weighted by molar-refractivity contribution is 7.99. The SMILES string of the molecule is Cc1cc(C)n(-c2nnc(SCC(=O)NCCOc3ccccc3)n2N)n1. The molecule has 9 nitrogen and oxygen atoms in total. The lowest BCUT2D eigenvalue weighted by atomic mass is 10.3. The predicted molar refractivity (Wildman–Crippen MR) is 102 cm³/mol. The van der Waals surface area contributed by atoms with Gasteiger partial charge < -0.3 is 15.9 Å². The van der Waals surface area contributed by atoms with Crippen molar-refractivity contribution < 1.29 is 9.53 Å². The summed E-state index contributed by atoms with van der Waals surface area (Å²) in [5, 5.41) is 15.7. The van der Waals surface area contributed by atoms with Crippen molar-refractivity contribution in [1.29, 1.82) is 0 Å². The molecule has 0 atom stereocenters. The number of nitrogen functional groups attached to an aromatic ring is 1. The Balaban J connectivity index is 1.46. The van der Waals surface area contributed by atoms with Crippen molar-refractivity contribution in [3.8, 4) is 11.7 Å². The van der Waals surface area contributed by atoms with E-state index in [1.807, 2.05) is 50.2 Å². The third kappa shape index (κ3) is 4.79. The van der Waals surface area contributed by atoms with E-state index in [9.17, 15) is 4.79 Å². The van der Waals surface area contributed by atoms with Gasteiger partial charge in [0, 0.05) is 5.69 Å². The Bertz CT molecular complexity index is 907. The third-order valence-electron chi connectivity index (χ3n) is 3.61. The molecule has 0 saturated carbocycles. The van der Waals surface area contributed by atoms with Crippen LogP contribution in [0.4, 0.5) is 0 Å². The van der Waals surface area contributed by atoms with E-state index in [2.05, 4.69) is 20.6 Å². The summed E-state index contributed by atoms with van der Waals surface area (Å²) in [7, 11) is 0. The highest BCUT2D eigenvalue weighted by Gasteiger charge is 2.15. The molecule has 0 aliphatic carbocycles. The van der Waals surface area contributed by atoms with E-state index in [1.54, 1.807) is 4.68 Å². The lowest BCUT2D eigenvalue weighted by Crippen LogP contribution is -2.29. The molecule has 1 amide bonds. The fourth-order valence-corrected chi connectivity index (χ4v) is 3.08. The van der Waals surface area contributed by atoms with Crippen molar-refractivity contribution in [3.63, 3.8) is 0 Å². The molecule has 1 aromatic carbocycles. The maximum Gasteiger partial charge on any atom is 0.271 e. The van der Waals surface area contributed by atoms with E-state index >= 15 is 0 Å². The van der Waals surface area contributed by atoms with Crippen LogP contribution in [0.5, 0.6) is 5.75 Å². The number of nitrogens with two attached hydrogens (primary N) is 1. The lowest BCUT2D eigenvalue weighted by Gasteiger charge is -2.07. The normalized spacial score (nSPS) is 10.7. The van der Waals surface area contributed by atoms with Crippen molar-refractivity contribution in [2.45, 2.75) is 19.0 Å². The first-order valence-corrected chi connectivity index (χ1v) is 9.34. The minimum absolute atomic E-state index is 0.132. The molecular formula is C17H21N7O2S. The molecule has 0 saturated heterocycles. The fraction of sp³-hybridized carbons (Fsp3) is 0.294. The second-order valence-corrected chi connectivity index (χ2v) is 6.73. The predicted octanol–water partition coefficient (Wildman–Crippen LogP) is 1.08. The molecular weight excluding hydrogens is 366 g/mol. The Morgan fingerprint density at radius 3 is 2.74 bits per heavy atom. The summed E-state index contributed by atoms with van der Waals surface area (Å²) >= 11 is 1.21. The molecule has 142 valence electrons. The number of carbonyl (C=O) groups is 1. The van der Waals surface area contributed by atoms with E-state index in [1.165, 1.54) is 16.4 Å². The maximum absolute atomic E-state index is 12.0. The zero-order chi connectivity index (χ0) is 19.2. The van der Waals surface area contributed by atoms with E-state index in [0.29, 0.717) is 24.3 Å². The van der Waals surface area contributed by atoms with Gasteiger partial charge in [0.05, 0.1) is 18.0 Å². The molecule has 2 heterocycles. The summed E-state index contributed by atoms with van der Waals surface area (Å²) < 4.78 is 8.47. The quantitative estimate of drug-likeness (QED) is 0.338. The number of rotatable bonds is 8. The summed E-state index contributed by atoms with van der Waals surface area (Å²) in [6.07, 6.45) is 0. The number of nitrogens with zero attached hydrogens (tertiary/aromatic N) is 5. The number of para-hydroxylation sites is 1. The van der Waals surface area contributed by atoms with Crippen LogP contribution in [0.3, 0.4) is 0 Å². The topological polar surface area (TPSA) is 113 Å². The van der Waals surface area contributed by atoms with Crippen molar-refractivity contribution in [1.82, 2.24) is 30.0 Å². The summed E-state index contributed by atoms with van der Waals surface area (Å²) in [5.41, 5.74) is 1.76. The van der Waals surface area contributed by atoms with Gasteiger partial charge >= 0.3 is 0 Å². The molecule has 0 unspecified atom stereocenters. The molecule has 0 aliphatic heterocycles. The molecule has 0 fully saturated rings. The van der Waals surface area contributed by atoms with Gasteiger partial charge in [0.25, 0.3) is 5.95 Å². The number of hydrogen-bond donors (Lipinski definition) is 2. The number of aryl methyl sites for hydroxylation is 2. The Kier molecular flexibility index (Phi) is 5.97. The molecule has 27 heavy (non-hydrogen) atoms. The van der Waals surface area contributed by atoms with Crippen LogP contribution in [-0.2, 0) is 4.79 Å². The standard InChI is InChI=1S/C17H21N7O2S/c1-12-10-13(2)24(22-12)16-20-21-17(23(16)18)27-11-15(25)19-8-9-26-14-6-4-3-5-7-14/h3-7,10H,8-9,11,18H2,1-2H3,(H,19,25). The van der Waals surface area contributed by atoms with Crippen LogP contribution in [0.2, 0.25) is 0 Å². The van der Waals surface area contributed by atoms with Crippen molar-refractivity contribution >= 4 is 17.7 Å². The zero-order valence-electron chi connectivity index (χ0n) is 15.1. The zero-order valence-corrected chi connectivity index (χ0v) is 15.9. The smallest absolute Gasteiger partial charge is 0.271 e. The van der Waals surface area contributed by atoms with Gasteiger partial charge in [0.2, 0.25) is 11.1 Å². The van der Waals surface area contributed by atoms with Crippen molar-refractivity contribution in [2.24, 2.45) is 0 Å². The van der Waals surface area contributed by atoms with Crippen molar-refractivity contribution in [2.75, 3.05) is 24.7 Å². The average Bonchev–Trinajstić information content (AvgIpc) is 3.19. The van der Waals surface area contributed by atoms with Gasteiger partial charge in [0.1, 0.15) is 12.4 Å². The van der Waals surface area contributed by atoms with Crippen molar-refractivity contribution in [3.05, 3.63) is 47.8 Å². The van der Waals surface area contributed by atoms with Gasteiger partial charge in [-0.3, -0.25) is 4.79 Å². The van der Waals surface area contributed by atoms with Crippen LogP contribution in [0.25, 0.3) is 5.95 Å². The molecule has 3 rings (SSSR count). The van der Waals surface area contributed by atoms with Crippen LogP contribution in [0.1, 0.15) is 11.4 Å². The Hall–Kier alpha value is -3.01. The van der Waals surface area contributed by atoms with Crippen LogP contribution in [-0.4, -0.2) is 49.5 Å². The Labute approximate surface area is 160 Å². The van der Waals surface area contributed by atoms with Crippen LogP contribution in [0, 0.1) is 13.8 Å². The molecule has 3 N–H and O–H groups in total. The molecule has 10 heteroatoms. The number of ether oxygens (including phenoxy) is 1. The number of aromatic nitrogens is 5. The molecule has 3 aromatic rings. The number of nitrogens with one attached hydrogen (secondary N) is 1. The number of benzene rings is 1. The first-order valence-electron chi connectivity index (χ1n) is 8.36. The van der Waals surface area contributed by atoms with E-state index in [0.717, 1.165) is 17.1 Å². The molecule has 2 aromatic heterocycles. The number of amides is 1. The minimum Gasteiger partial charge on any atom is -0.492 e. The Morgan fingerprint density at radius 1 is 1.26 bits per heavy atom. The van der Waals surface area contributed by atoms with Gasteiger partial charge in [0.15, 0.2) is 0 Å². The number of hydrogen-bond acceptors (Lipinski definition) is 7. The Morgan fingerprint density at radius 2 is 2.04 bits per heavy atom. The summed E-state index contributed by atoms with van der Waals surface area (Å²) in [5.74, 6) is 7.27. The van der Waals surface area contributed by atoms with Gasteiger partial charge in [-0.05, 0) is 32.0 Å². The third-order valence-corrected chi connectivity index (χ3v) is 4.56. The van der Waals surface area contributed by atoms with Crippen LogP contribution in [0.15, 0.2) is 41.6 Å². The number of thioether (sulfide) groups is 1. The highest BCUT2D eigenvalue weighted by Crippen LogP contribution is 2.17. The lowest BCUT2D eigenvalue weighted by molar-refractivity contribution is -0.118. The van der Waals surface area contributed by atoms with E-state index < -0.39 is 0 Å². The first kappa shape index (κ1) is 18.8. The van der Waals surface area contributed by atoms with Gasteiger partial charge in [-0.1, -0.05) is 30.0 Å². The first-order chi connectivity index (χ1) is 13.0. The fourth-order valence-electron chi connectivity index (χ4n) is 2.40. The molecule has 0 bridgehead atoms. The molecule has 0 radical (unpaired) electrons. The maximum atomic E-state index is 12.0. The van der Waals surface area contributed by atoms with E-state index in [4.69, 9.17) is 10.6 Å². The molecule has 0 spiro atoms. The van der Waals surface area contributed by atoms with Crippen LogP contribution >= 0.6 is 11.8 Å². The second kappa shape index (κ2) is 8.58. The largest absolute Gasteiger partial charge is 0.492 e. The van der Waals surface area contributed by atoms with Gasteiger partial charge in [-0.2, -0.15) is 5.10 Å². The summed E-state index contributed by atoms with van der Waals surface area (Å²) in [6.45, 7) is 4.62. The second-order valence-electron chi connectivity index (χ2n) is 5.79. The van der Waals surface area contributed by atoms with Gasteiger partial charge in [-0.15, -0.1) is 10.2 Å². The van der Waals surface area contributed by atoms with Crippen LogP contribution < -0.4 is 15.9 Å². The highest BCUT2D eigenvalue weighted by atomic mass is 32.2. The minimum atomic E-state index is -0.132. The van der Waals surface area contributed by atoms with Gasteiger partial charge in [-0.25, -0.2) is 9.36 Å². The monoisotopic (exact) mass is 387 g/mol. The number of carbonyl (C=O) groups excluding carboxylic acids is 1. The van der Waals surface area contributed by atoms with E-state index in [-0.39, 0.29) is 11.7 Å². The average molecular weight is 387 g/mol.